The van der Waals surface area contributed by atoms with E-state index in [0.29, 0.717) is 24.4 Å². The van der Waals surface area contributed by atoms with Gasteiger partial charge in [-0.3, -0.25) is 0 Å². The van der Waals surface area contributed by atoms with E-state index in [1.165, 1.54) is 193 Å². The van der Waals surface area contributed by atoms with Gasteiger partial charge in [-0.15, -0.1) is 0 Å². The minimum Gasteiger partial charge on any atom is -0.370 e. The normalized spacial score (nSPS) is 19.1. The van der Waals surface area contributed by atoms with Crippen molar-refractivity contribution in [1.82, 2.24) is 0 Å². The number of ether oxygens (including phenoxy) is 3. The number of unbranched alkanes of at least 4 members (excludes halogenated alkanes) is 24. The van der Waals surface area contributed by atoms with Gasteiger partial charge in [0.2, 0.25) is 0 Å². The molecule has 4 atom stereocenters. The summed E-state index contributed by atoms with van der Waals surface area (Å²) in [4.78, 5) is 0. The molecule has 2 fully saturated rings. The highest BCUT2D eigenvalue weighted by atomic mass is 16.6. The van der Waals surface area contributed by atoms with Gasteiger partial charge in [0, 0.05) is 0 Å². The smallest absolute Gasteiger partial charge is 0.107 e. The molecule has 0 aromatic carbocycles. The second-order valence-electron chi connectivity index (χ2n) is 16.1. The average molecular weight is 635 g/mol. The quantitative estimate of drug-likeness (QED) is 0.0508. The number of hydrogen-bond acceptors (Lipinski definition) is 3. The molecule has 2 aliphatic heterocycles. The Labute approximate surface area is 283 Å². The van der Waals surface area contributed by atoms with Crippen molar-refractivity contribution < 1.29 is 14.2 Å². The molecule has 0 aromatic heterocycles. The van der Waals surface area contributed by atoms with Crippen LogP contribution in [-0.2, 0) is 14.2 Å². The summed E-state index contributed by atoms with van der Waals surface area (Å²) in [7, 11) is 0. The maximum absolute atomic E-state index is 6.70. The summed E-state index contributed by atoms with van der Waals surface area (Å²) < 4.78 is 18.1. The second kappa shape index (κ2) is 28.9. The van der Waals surface area contributed by atoms with Gasteiger partial charge in [0.25, 0.3) is 0 Å². The minimum atomic E-state index is 0.296. The van der Waals surface area contributed by atoms with E-state index in [0.717, 1.165) is 25.0 Å². The predicted molar refractivity (Wildman–Crippen MR) is 196 cm³/mol. The third-order valence-corrected chi connectivity index (χ3v) is 10.4. The lowest BCUT2D eigenvalue weighted by Crippen LogP contribution is -2.30. The summed E-state index contributed by atoms with van der Waals surface area (Å²) in [5, 5.41) is 0. The van der Waals surface area contributed by atoms with Crippen LogP contribution < -0.4 is 0 Å². The SMILES string of the molecule is CC(C)CCCCCCCCCCCCCCCC(OC(CCCCCCCCCCCCCCCC(C)C)C1CO1)C1CO1. The van der Waals surface area contributed by atoms with Crippen molar-refractivity contribution in [3.8, 4) is 0 Å². The van der Waals surface area contributed by atoms with Gasteiger partial charge in [0.15, 0.2) is 0 Å². The van der Waals surface area contributed by atoms with Crippen LogP contribution >= 0.6 is 0 Å². The van der Waals surface area contributed by atoms with E-state index in [1.807, 2.05) is 0 Å². The summed E-state index contributed by atoms with van der Waals surface area (Å²) in [5.74, 6) is 1.76. The molecule has 3 heteroatoms. The molecule has 0 aromatic rings. The zero-order valence-electron chi connectivity index (χ0n) is 31.3. The van der Waals surface area contributed by atoms with Crippen LogP contribution in [0.2, 0.25) is 0 Å². The first-order valence-electron chi connectivity index (χ1n) is 20.9. The zero-order chi connectivity index (χ0) is 32.2. The Morgan fingerprint density at radius 3 is 0.756 bits per heavy atom. The molecular formula is C42H82O3. The molecule has 45 heavy (non-hydrogen) atoms. The van der Waals surface area contributed by atoms with Crippen molar-refractivity contribution in [3.63, 3.8) is 0 Å². The molecule has 0 radical (unpaired) electrons. The molecule has 2 rings (SSSR count). The van der Waals surface area contributed by atoms with Crippen LogP contribution in [0.3, 0.4) is 0 Å². The Morgan fingerprint density at radius 1 is 0.356 bits per heavy atom. The minimum absolute atomic E-state index is 0.296. The van der Waals surface area contributed by atoms with Crippen LogP contribution in [0.5, 0.6) is 0 Å². The monoisotopic (exact) mass is 635 g/mol. The molecule has 268 valence electrons. The van der Waals surface area contributed by atoms with E-state index >= 15 is 0 Å². The molecule has 0 N–H and O–H groups in total. The average Bonchev–Trinajstić information content (AvgIpc) is 3.93. The Hall–Kier alpha value is -0.120. The maximum atomic E-state index is 6.70. The molecule has 2 saturated heterocycles. The van der Waals surface area contributed by atoms with E-state index in [-0.39, 0.29) is 0 Å². The lowest BCUT2D eigenvalue weighted by Gasteiger charge is -2.23. The van der Waals surface area contributed by atoms with Crippen molar-refractivity contribution in [3.05, 3.63) is 0 Å². The van der Waals surface area contributed by atoms with Crippen LogP contribution in [-0.4, -0.2) is 37.6 Å². The molecule has 3 nitrogen and oxygen atoms in total. The first kappa shape index (κ1) is 41.1. The summed E-state index contributed by atoms with van der Waals surface area (Å²) >= 11 is 0. The fraction of sp³-hybridized carbons (Fsp3) is 1.00. The van der Waals surface area contributed by atoms with E-state index < -0.39 is 0 Å². The molecule has 0 amide bonds. The first-order chi connectivity index (χ1) is 22.1. The fourth-order valence-corrected chi connectivity index (χ4v) is 7.13. The molecule has 0 spiro atoms. The van der Waals surface area contributed by atoms with Crippen LogP contribution in [0.25, 0.3) is 0 Å². The maximum Gasteiger partial charge on any atom is 0.107 e. The van der Waals surface area contributed by atoms with Crippen molar-refractivity contribution in [1.29, 1.82) is 0 Å². The molecular weight excluding hydrogens is 552 g/mol. The lowest BCUT2D eigenvalue weighted by atomic mass is 10.0. The topological polar surface area (TPSA) is 34.3 Å². The van der Waals surface area contributed by atoms with Crippen LogP contribution in [0.15, 0.2) is 0 Å². The third-order valence-electron chi connectivity index (χ3n) is 10.4. The van der Waals surface area contributed by atoms with Crippen LogP contribution in [0.4, 0.5) is 0 Å². The van der Waals surface area contributed by atoms with Gasteiger partial charge in [0.05, 0.1) is 25.4 Å². The number of rotatable bonds is 36. The van der Waals surface area contributed by atoms with Crippen molar-refractivity contribution in [2.24, 2.45) is 11.8 Å². The third kappa shape index (κ3) is 26.5. The summed E-state index contributed by atoms with van der Waals surface area (Å²) in [6.07, 6.45) is 43.4. The lowest BCUT2D eigenvalue weighted by molar-refractivity contribution is -0.0468. The van der Waals surface area contributed by atoms with Gasteiger partial charge in [-0.1, -0.05) is 207 Å². The standard InChI is InChI=1S/C42H82O3/c1-37(2)31-27-23-19-15-11-7-5-9-13-17-21-25-29-33-39(41-35-43-41)45-40(42-36-44-42)34-30-26-22-18-14-10-6-8-12-16-20-24-28-32-38(3)4/h37-42H,5-36H2,1-4H3. The van der Waals surface area contributed by atoms with Gasteiger partial charge in [-0.05, 0) is 24.7 Å². The van der Waals surface area contributed by atoms with Gasteiger partial charge in [0.1, 0.15) is 12.2 Å². The zero-order valence-corrected chi connectivity index (χ0v) is 31.3. The highest BCUT2D eigenvalue weighted by molar-refractivity contribution is 4.86. The molecule has 2 aliphatic rings. The first-order valence-corrected chi connectivity index (χ1v) is 20.9. The predicted octanol–water partition coefficient (Wildman–Crippen LogP) is 13.6. The highest BCUT2D eigenvalue weighted by Crippen LogP contribution is 2.30. The Kier molecular flexibility index (Phi) is 26.3. The number of epoxide rings is 2. The molecule has 4 unspecified atom stereocenters. The molecule has 2 heterocycles. The van der Waals surface area contributed by atoms with E-state index in [1.54, 1.807) is 0 Å². The van der Waals surface area contributed by atoms with Gasteiger partial charge in [-0.2, -0.15) is 0 Å². The highest BCUT2D eigenvalue weighted by Gasteiger charge is 2.40. The van der Waals surface area contributed by atoms with Crippen LogP contribution in [0.1, 0.15) is 220 Å². The Balaban J connectivity index is 1.37. The largest absolute Gasteiger partial charge is 0.370 e. The fourth-order valence-electron chi connectivity index (χ4n) is 7.13. The molecule has 0 bridgehead atoms. The summed E-state index contributed by atoms with van der Waals surface area (Å²) in [6, 6.07) is 0. The van der Waals surface area contributed by atoms with Crippen molar-refractivity contribution >= 4 is 0 Å². The van der Waals surface area contributed by atoms with Gasteiger partial charge >= 0.3 is 0 Å². The molecule has 0 aliphatic carbocycles. The van der Waals surface area contributed by atoms with E-state index in [4.69, 9.17) is 14.2 Å². The Bertz CT molecular complexity index is 559. The number of hydrogen-bond donors (Lipinski definition) is 0. The second-order valence-corrected chi connectivity index (χ2v) is 16.1. The van der Waals surface area contributed by atoms with E-state index in [9.17, 15) is 0 Å². The van der Waals surface area contributed by atoms with Gasteiger partial charge in [-0.25, -0.2) is 0 Å². The van der Waals surface area contributed by atoms with Crippen molar-refractivity contribution in [2.45, 2.75) is 245 Å². The van der Waals surface area contributed by atoms with E-state index in [2.05, 4.69) is 27.7 Å². The summed E-state index contributed by atoms with van der Waals surface area (Å²) in [5.41, 5.74) is 0. The van der Waals surface area contributed by atoms with Crippen LogP contribution in [0, 0.1) is 11.8 Å². The summed E-state index contributed by atoms with van der Waals surface area (Å²) in [6.45, 7) is 11.2. The van der Waals surface area contributed by atoms with Gasteiger partial charge < -0.3 is 14.2 Å². The van der Waals surface area contributed by atoms with Crippen molar-refractivity contribution in [2.75, 3.05) is 13.2 Å². The molecule has 0 saturated carbocycles. The Morgan fingerprint density at radius 2 is 0.556 bits per heavy atom.